The van der Waals surface area contributed by atoms with Crippen LogP contribution in [0.4, 0.5) is 0 Å². The number of hydrogen-bond donors (Lipinski definition) is 7. The Kier molecular flexibility index (Phi) is 12.6. The maximum atomic E-state index is 12.4. The first-order valence-electron chi connectivity index (χ1n) is 12.4. The van der Waals surface area contributed by atoms with E-state index in [-0.39, 0.29) is 13.0 Å². The smallest absolute Gasteiger partial charge is 0.306 e. The van der Waals surface area contributed by atoms with Crippen molar-refractivity contribution in [1.29, 1.82) is 0 Å². The highest BCUT2D eigenvalue weighted by Gasteiger charge is 2.53. The van der Waals surface area contributed by atoms with E-state index >= 15 is 0 Å². The van der Waals surface area contributed by atoms with Gasteiger partial charge in [-0.15, -0.1) is 0 Å². The van der Waals surface area contributed by atoms with Gasteiger partial charge < -0.3 is 50.0 Å². The fraction of sp³-hybridized carbons (Fsp3) is 0.957. The number of carbonyl (C=O) groups excluding carboxylic acids is 1. The van der Waals surface area contributed by atoms with Gasteiger partial charge in [-0.05, 0) is 6.42 Å². The molecule has 2 aliphatic rings. The van der Waals surface area contributed by atoms with Crippen LogP contribution in [0.25, 0.3) is 0 Å². The summed E-state index contributed by atoms with van der Waals surface area (Å²) in [6, 6.07) is 0. The van der Waals surface area contributed by atoms with E-state index in [0.717, 1.165) is 25.7 Å². The highest BCUT2D eigenvalue weighted by atomic mass is 16.7. The molecule has 1 saturated heterocycles. The third-order valence-electron chi connectivity index (χ3n) is 6.54. The van der Waals surface area contributed by atoms with Crippen molar-refractivity contribution in [2.45, 2.75) is 132 Å². The molecule has 1 aliphatic heterocycles. The minimum Gasteiger partial charge on any atom is -0.457 e. The van der Waals surface area contributed by atoms with Gasteiger partial charge in [0, 0.05) is 6.42 Å². The molecule has 0 aromatic heterocycles. The van der Waals surface area contributed by atoms with Crippen molar-refractivity contribution >= 4 is 5.97 Å². The van der Waals surface area contributed by atoms with Crippen molar-refractivity contribution in [1.82, 2.24) is 0 Å². The van der Waals surface area contributed by atoms with Gasteiger partial charge in [0.1, 0.15) is 48.8 Å². The fourth-order valence-corrected chi connectivity index (χ4v) is 4.32. The molecule has 34 heavy (non-hydrogen) atoms. The van der Waals surface area contributed by atoms with Crippen molar-refractivity contribution in [2.24, 2.45) is 0 Å². The summed E-state index contributed by atoms with van der Waals surface area (Å²) in [6.45, 7) is 1.80. The first kappa shape index (κ1) is 29.3. The zero-order chi connectivity index (χ0) is 25.3. The number of aliphatic hydroxyl groups is 7. The van der Waals surface area contributed by atoms with Gasteiger partial charge in [-0.3, -0.25) is 4.79 Å². The maximum Gasteiger partial charge on any atom is 0.306 e. The number of rotatable bonds is 13. The van der Waals surface area contributed by atoms with Crippen molar-refractivity contribution in [3.8, 4) is 0 Å². The minimum atomic E-state index is -1.82. The van der Waals surface area contributed by atoms with Gasteiger partial charge in [-0.25, -0.2) is 0 Å². The van der Waals surface area contributed by atoms with Crippen LogP contribution in [-0.4, -0.2) is 110 Å². The third kappa shape index (κ3) is 8.07. The van der Waals surface area contributed by atoms with E-state index in [4.69, 9.17) is 14.2 Å². The average Bonchev–Trinajstić information content (AvgIpc) is 2.82. The molecule has 2 fully saturated rings. The maximum absolute atomic E-state index is 12.4. The molecular formula is C23H42O11. The van der Waals surface area contributed by atoms with Gasteiger partial charge in [-0.1, -0.05) is 58.3 Å². The van der Waals surface area contributed by atoms with Gasteiger partial charge in [-0.2, -0.15) is 0 Å². The number of unbranched alkanes of at least 4 members (excludes halogenated alkanes) is 8. The minimum absolute atomic E-state index is 0.0635. The van der Waals surface area contributed by atoms with Crippen LogP contribution in [0.15, 0.2) is 0 Å². The second-order valence-corrected chi connectivity index (χ2v) is 9.35. The molecular weight excluding hydrogens is 452 g/mol. The molecule has 11 heteroatoms. The topological polar surface area (TPSA) is 186 Å². The van der Waals surface area contributed by atoms with Crippen LogP contribution < -0.4 is 0 Å². The second kappa shape index (κ2) is 14.6. The highest BCUT2D eigenvalue weighted by molar-refractivity contribution is 5.69. The summed E-state index contributed by atoms with van der Waals surface area (Å²) in [6.07, 6.45) is -6.85. The summed E-state index contributed by atoms with van der Waals surface area (Å²) in [5, 5.41) is 70.4. The van der Waals surface area contributed by atoms with Crippen molar-refractivity contribution in [3.63, 3.8) is 0 Å². The molecule has 200 valence electrons. The van der Waals surface area contributed by atoms with Crippen LogP contribution in [0.3, 0.4) is 0 Å². The van der Waals surface area contributed by atoms with Crippen LogP contribution in [0.5, 0.6) is 0 Å². The van der Waals surface area contributed by atoms with Gasteiger partial charge in [0.25, 0.3) is 0 Å². The molecule has 1 heterocycles. The lowest BCUT2D eigenvalue weighted by molar-refractivity contribution is -0.322. The van der Waals surface area contributed by atoms with E-state index in [1.165, 1.54) is 25.7 Å². The molecule has 0 bridgehead atoms. The molecule has 1 saturated carbocycles. The Labute approximate surface area is 200 Å². The van der Waals surface area contributed by atoms with Gasteiger partial charge >= 0.3 is 5.97 Å². The molecule has 2 rings (SSSR count). The molecule has 0 amide bonds. The molecule has 0 aromatic carbocycles. The lowest BCUT2D eigenvalue weighted by atomic mass is 9.84. The van der Waals surface area contributed by atoms with Crippen LogP contribution in [0, 0.1) is 0 Å². The third-order valence-corrected chi connectivity index (χ3v) is 6.54. The normalized spacial score (nSPS) is 38.6. The number of esters is 1. The first-order chi connectivity index (χ1) is 16.2. The van der Waals surface area contributed by atoms with Crippen molar-refractivity contribution in [2.75, 3.05) is 6.61 Å². The standard InChI is InChI=1S/C23H42O11/c1-2-3-4-5-6-7-8-9-10-11-14(25)33-21-18(29)16(27)17(28)19(30)22(21)34-23-20(31)15(26)13(24)12-32-23/h13,15-24,26-31H,2-12H2,1H3/t13-,15+,16+,17-,18+,19-,20-,21-,22-,23+/m1/s1. The van der Waals surface area contributed by atoms with Gasteiger partial charge in [0.2, 0.25) is 0 Å². The van der Waals surface area contributed by atoms with Crippen LogP contribution in [-0.2, 0) is 19.0 Å². The summed E-state index contributed by atoms with van der Waals surface area (Å²) in [4.78, 5) is 12.4. The zero-order valence-electron chi connectivity index (χ0n) is 19.8. The molecule has 10 atom stereocenters. The Hall–Kier alpha value is -0.890. The van der Waals surface area contributed by atoms with Crippen LogP contribution in [0.2, 0.25) is 0 Å². The molecule has 0 unspecified atom stereocenters. The SMILES string of the molecule is CCCCCCCCCCCC(=O)O[C@@H]1[C@@H](O)[C@@H](O)[C@@H](O)[C@@H](O)[C@H]1O[C@@H]1OC[C@@H](O)[C@H](O)[C@H]1O. The average molecular weight is 495 g/mol. The Morgan fingerprint density at radius 3 is 1.82 bits per heavy atom. The largest absolute Gasteiger partial charge is 0.457 e. The Balaban J connectivity index is 1.87. The number of hydrogen-bond acceptors (Lipinski definition) is 11. The first-order valence-corrected chi connectivity index (χ1v) is 12.4. The van der Waals surface area contributed by atoms with Gasteiger partial charge in [0.05, 0.1) is 6.61 Å². The molecule has 0 spiro atoms. The predicted molar refractivity (Wildman–Crippen MR) is 118 cm³/mol. The summed E-state index contributed by atoms with van der Waals surface area (Å²) < 4.78 is 15.9. The van der Waals surface area contributed by atoms with E-state index in [9.17, 15) is 40.5 Å². The zero-order valence-corrected chi connectivity index (χ0v) is 19.8. The monoisotopic (exact) mass is 494 g/mol. The summed E-state index contributed by atoms with van der Waals surface area (Å²) in [5.74, 6) is -0.669. The Morgan fingerprint density at radius 1 is 0.706 bits per heavy atom. The molecule has 7 N–H and O–H groups in total. The molecule has 1 aliphatic carbocycles. The molecule has 0 aromatic rings. The Morgan fingerprint density at radius 2 is 1.24 bits per heavy atom. The molecule has 11 nitrogen and oxygen atoms in total. The quantitative estimate of drug-likeness (QED) is 0.124. The molecule has 0 radical (unpaired) electrons. The van der Waals surface area contributed by atoms with E-state index in [2.05, 4.69) is 6.92 Å². The fourth-order valence-electron chi connectivity index (χ4n) is 4.32. The second-order valence-electron chi connectivity index (χ2n) is 9.35. The lowest BCUT2D eigenvalue weighted by Gasteiger charge is -2.45. The summed E-state index contributed by atoms with van der Waals surface area (Å²) in [5.41, 5.74) is 0. The predicted octanol–water partition coefficient (Wildman–Crippen LogP) is -0.899. The van der Waals surface area contributed by atoms with E-state index in [1.807, 2.05) is 0 Å². The number of carbonyl (C=O) groups is 1. The van der Waals surface area contributed by atoms with E-state index in [0.29, 0.717) is 6.42 Å². The van der Waals surface area contributed by atoms with Gasteiger partial charge in [0.15, 0.2) is 12.4 Å². The highest BCUT2D eigenvalue weighted by Crippen LogP contribution is 2.30. The van der Waals surface area contributed by atoms with Crippen molar-refractivity contribution in [3.05, 3.63) is 0 Å². The lowest BCUT2D eigenvalue weighted by Crippen LogP contribution is -2.67. The summed E-state index contributed by atoms with van der Waals surface area (Å²) in [7, 11) is 0. The van der Waals surface area contributed by atoms with Crippen molar-refractivity contribution < 1.29 is 54.8 Å². The van der Waals surface area contributed by atoms with E-state index in [1.54, 1.807) is 0 Å². The Bertz CT molecular complexity index is 591. The van der Waals surface area contributed by atoms with E-state index < -0.39 is 67.2 Å². The number of aliphatic hydroxyl groups excluding tert-OH is 7. The van der Waals surface area contributed by atoms with Crippen LogP contribution >= 0.6 is 0 Å². The summed E-state index contributed by atoms with van der Waals surface area (Å²) >= 11 is 0. The number of ether oxygens (including phenoxy) is 3. The van der Waals surface area contributed by atoms with Crippen LogP contribution in [0.1, 0.15) is 71.1 Å².